The van der Waals surface area contributed by atoms with Gasteiger partial charge in [-0.2, -0.15) is 0 Å². The van der Waals surface area contributed by atoms with E-state index in [-0.39, 0.29) is 25.8 Å². The van der Waals surface area contributed by atoms with Gasteiger partial charge in [-0.15, -0.1) is 0 Å². The first-order chi connectivity index (χ1) is 24.0. The molecular formula is C41H84NO7P. The van der Waals surface area contributed by atoms with Gasteiger partial charge in [0.1, 0.15) is 13.2 Å². The first-order valence-electron chi connectivity index (χ1n) is 21.2. The monoisotopic (exact) mass is 734 g/mol. The molecule has 0 spiro atoms. The van der Waals surface area contributed by atoms with Gasteiger partial charge in [-0.25, -0.2) is 0 Å². The number of likely N-dealkylation sites (N-methyl/N-ethyl adjacent to an activating group) is 1. The highest BCUT2D eigenvalue weighted by Gasteiger charge is 2.21. The predicted octanol–water partition coefficient (Wildman–Crippen LogP) is 11.1. The van der Waals surface area contributed by atoms with E-state index in [1.165, 1.54) is 135 Å². The normalized spacial score (nSPS) is 14.5. The second kappa shape index (κ2) is 34.3. The Hall–Kier alpha value is -0.500. The Morgan fingerprint density at radius 1 is 0.620 bits per heavy atom. The highest BCUT2D eigenvalue weighted by Crippen LogP contribution is 2.39. The maximum atomic E-state index is 12.5. The fraction of sp³-hybridized carbons (Fsp3) is 0.976. The van der Waals surface area contributed by atoms with Gasteiger partial charge in [0.15, 0.2) is 0 Å². The molecule has 0 saturated carbocycles. The molecular weight excluding hydrogens is 649 g/mol. The maximum Gasteiger partial charge on any atom is 0.305 e. The van der Waals surface area contributed by atoms with Gasteiger partial charge in [0.05, 0.1) is 40.5 Å². The zero-order valence-electron chi connectivity index (χ0n) is 33.8. The molecule has 0 aromatic rings. The summed E-state index contributed by atoms with van der Waals surface area (Å²) < 4.78 is 28.8. The number of aliphatic hydroxyl groups excluding tert-OH is 1. The van der Waals surface area contributed by atoms with Gasteiger partial charge in [-0.1, -0.05) is 174 Å². The lowest BCUT2D eigenvalue weighted by Crippen LogP contribution is -2.37. The number of phosphoric acid groups is 1. The Balaban J connectivity index is 4.36. The summed E-state index contributed by atoms with van der Waals surface area (Å²) >= 11 is 0. The lowest BCUT2D eigenvalue weighted by molar-refractivity contribution is -0.870. The van der Waals surface area contributed by atoms with Crippen molar-refractivity contribution in [1.82, 2.24) is 0 Å². The average Bonchev–Trinajstić information content (AvgIpc) is 3.06. The van der Waals surface area contributed by atoms with Gasteiger partial charge in [0, 0.05) is 12.3 Å². The smallest absolute Gasteiger partial charge is 0.305 e. The molecule has 0 aromatic heterocycles. The van der Waals surface area contributed by atoms with E-state index in [4.69, 9.17) is 13.8 Å². The van der Waals surface area contributed by atoms with E-state index in [2.05, 4.69) is 13.8 Å². The molecule has 0 heterocycles. The van der Waals surface area contributed by atoms with Gasteiger partial charge in [-0.05, 0) is 19.3 Å². The van der Waals surface area contributed by atoms with Crippen molar-refractivity contribution < 1.29 is 37.6 Å². The average molecular weight is 734 g/mol. The highest BCUT2D eigenvalue weighted by molar-refractivity contribution is 7.45. The van der Waals surface area contributed by atoms with Crippen LogP contribution < -0.4 is 4.89 Å². The molecule has 0 aliphatic rings. The minimum Gasteiger partial charge on any atom is -0.756 e. The predicted molar refractivity (Wildman–Crippen MR) is 208 cm³/mol. The number of carbonyl (C=O) groups is 1. The van der Waals surface area contributed by atoms with Gasteiger partial charge in [0.2, 0.25) is 0 Å². The Morgan fingerprint density at radius 2 is 1.02 bits per heavy atom. The number of nitrogens with zero attached hydrogens (tertiary/aromatic N) is 1. The summed E-state index contributed by atoms with van der Waals surface area (Å²) in [4.78, 5) is 24.9. The minimum absolute atomic E-state index is 0.0325. The SMILES string of the molecule is CCCCCCCCCCCCCCCC(=O)OC[C@H](COP(=O)([O-])OCC[N+](C)(C)C)CC(O)CCCCCCCCCCCCCCC. The molecule has 0 bridgehead atoms. The summed E-state index contributed by atoms with van der Waals surface area (Å²) in [5.74, 6) is -0.694. The van der Waals surface area contributed by atoms with E-state index in [1.807, 2.05) is 21.1 Å². The summed E-state index contributed by atoms with van der Waals surface area (Å²) in [6, 6.07) is 0. The van der Waals surface area contributed by atoms with E-state index in [1.54, 1.807) is 0 Å². The van der Waals surface area contributed by atoms with Crippen LogP contribution in [0.25, 0.3) is 0 Å². The summed E-state index contributed by atoms with van der Waals surface area (Å²) in [6.07, 6.45) is 33.5. The van der Waals surface area contributed by atoms with Crippen molar-refractivity contribution in [3.05, 3.63) is 0 Å². The highest BCUT2D eigenvalue weighted by atomic mass is 31.2. The van der Waals surface area contributed by atoms with E-state index in [0.29, 0.717) is 30.3 Å². The van der Waals surface area contributed by atoms with Crippen LogP contribution in [0, 0.1) is 5.92 Å². The van der Waals surface area contributed by atoms with Crippen molar-refractivity contribution >= 4 is 13.8 Å². The van der Waals surface area contributed by atoms with Crippen molar-refractivity contribution in [2.45, 2.75) is 206 Å². The number of hydrogen-bond acceptors (Lipinski definition) is 7. The van der Waals surface area contributed by atoms with Crippen molar-refractivity contribution in [2.75, 3.05) is 47.5 Å². The van der Waals surface area contributed by atoms with Crippen LogP contribution in [-0.2, 0) is 23.1 Å². The van der Waals surface area contributed by atoms with E-state index in [9.17, 15) is 19.4 Å². The molecule has 8 nitrogen and oxygen atoms in total. The molecule has 0 radical (unpaired) electrons. The van der Waals surface area contributed by atoms with Gasteiger partial charge in [0.25, 0.3) is 7.82 Å². The molecule has 3 atom stereocenters. The maximum absolute atomic E-state index is 12.5. The Kier molecular flexibility index (Phi) is 33.9. The van der Waals surface area contributed by atoms with Gasteiger partial charge in [-0.3, -0.25) is 9.36 Å². The van der Waals surface area contributed by atoms with Crippen LogP contribution in [0.3, 0.4) is 0 Å². The molecule has 300 valence electrons. The Labute approximate surface area is 310 Å². The van der Waals surface area contributed by atoms with Crippen LogP contribution in [0.15, 0.2) is 0 Å². The van der Waals surface area contributed by atoms with E-state index in [0.717, 1.165) is 32.1 Å². The van der Waals surface area contributed by atoms with Crippen LogP contribution in [0.4, 0.5) is 0 Å². The molecule has 0 rings (SSSR count). The molecule has 2 unspecified atom stereocenters. The summed E-state index contributed by atoms with van der Waals surface area (Å²) in [6.45, 7) is 4.93. The number of esters is 1. The Morgan fingerprint density at radius 3 is 1.44 bits per heavy atom. The van der Waals surface area contributed by atoms with Crippen LogP contribution >= 0.6 is 7.82 Å². The Bertz CT molecular complexity index is 791. The number of ether oxygens (including phenoxy) is 1. The third-order valence-corrected chi connectivity index (χ3v) is 10.7. The zero-order valence-corrected chi connectivity index (χ0v) is 34.7. The molecule has 9 heteroatoms. The van der Waals surface area contributed by atoms with Crippen LogP contribution in [0.5, 0.6) is 0 Å². The third-order valence-electron chi connectivity index (χ3n) is 9.69. The molecule has 0 saturated heterocycles. The lowest BCUT2D eigenvalue weighted by Gasteiger charge is -2.28. The zero-order chi connectivity index (χ0) is 37.2. The van der Waals surface area contributed by atoms with E-state index >= 15 is 0 Å². The van der Waals surface area contributed by atoms with E-state index < -0.39 is 19.8 Å². The third kappa shape index (κ3) is 37.3. The molecule has 0 fully saturated rings. The number of phosphoric ester groups is 1. The number of carbonyl (C=O) groups excluding carboxylic acids is 1. The van der Waals surface area contributed by atoms with Crippen LogP contribution in [0.2, 0.25) is 0 Å². The molecule has 0 aliphatic heterocycles. The lowest BCUT2D eigenvalue weighted by atomic mass is 9.98. The van der Waals surface area contributed by atoms with Crippen molar-refractivity contribution in [3.63, 3.8) is 0 Å². The number of unbranched alkanes of at least 4 members (excludes halogenated alkanes) is 24. The fourth-order valence-electron chi connectivity index (χ4n) is 6.32. The number of hydrogen-bond donors (Lipinski definition) is 1. The molecule has 0 aromatic carbocycles. The summed E-state index contributed by atoms with van der Waals surface area (Å²) in [5, 5.41) is 10.8. The van der Waals surface area contributed by atoms with Crippen molar-refractivity contribution in [1.29, 1.82) is 0 Å². The van der Waals surface area contributed by atoms with Crippen LogP contribution in [0.1, 0.15) is 200 Å². The topological polar surface area (TPSA) is 105 Å². The quantitative estimate of drug-likeness (QED) is 0.0290. The second-order valence-corrected chi connectivity index (χ2v) is 17.5. The molecule has 0 aliphatic carbocycles. The molecule has 1 N–H and O–H groups in total. The first kappa shape index (κ1) is 49.5. The number of aliphatic hydroxyl groups is 1. The van der Waals surface area contributed by atoms with Crippen LogP contribution in [-0.4, -0.2) is 69.2 Å². The second-order valence-electron chi connectivity index (χ2n) is 16.1. The van der Waals surface area contributed by atoms with Gasteiger partial charge >= 0.3 is 5.97 Å². The number of rotatable bonds is 39. The van der Waals surface area contributed by atoms with Crippen molar-refractivity contribution in [2.24, 2.45) is 5.92 Å². The fourth-order valence-corrected chi connectivity index (χ4v) is 7.09. The molecule has 50 heavy (non-hydrogen) atoms. The number of quaternary nitrogens is 1. The summed E-state index contributed by atoms with van der Waals surface area (Å²) in [5.41, 5.74) is 0. The summed E-state index contributed by atoms with van der Waals surface area (Å²) in [7, 11) is 1.38. The molecule has 0 amide bonds. The van der Waals surface area contributed by atoms with Gasteiger partial charge < -0.3 is 28.3 Å². The van der Waals surface area contributed by atoms with Crippen molar-refractivity contribution in [3.8, 4) is 0 Å². The standard InChI is InChI=1S/C41H84NO7P/c1-6-8-10-12-14-16-18-20-22-24-26-28-30-32-40(43)36-39(38-49-50(45,46)48-35-34-42(3,4)5)37-47-41(44)33-31-29-27-25-23-21-19-17-15-13-11-9-7-2/h39-40,43H,6-38H2,1-5H3/t39-,40?/m1/s1. The minimum atomic E-state index is -4.50. The largest absolute Gasteiger partial charge is 0.756 e. The first-order valence-corrected chi connectivity index (χ1v) is 22.7.